The predicted octanol–water partition coefficient (Wildman–Crippen LogP) is 5.03. The Morgan fingerprint density at radius 3 is 2.14 bits per heavy atom. The highest BCUT2D eigenvalue weighted by Gasteiger charge is 2.13. The number of ether oxygens (including phenoxy) is 1. The van der Waals surface area contributed by atoms with Crippen LogP contribution in [0.4, 0.5) is 5.69 Å². The first kappa shape index (κ1) is 29.7. The van der Waals surface area contributed by atoms with Crippen LogP contribution in [0, 0.1) is 6.92 Å². The van der Waals surface area contributed by atoms with E-state index in [4.69, 9.17) is 32.5 Å². The second-order valence-electron chi connectivity index (χ2n) is 7.94. The van der Waals surface area contributed by atoms with Crippen molar-refractivity contribution in [1.29, 1.82) is 0 Å². The van der Waals surface area contributed by atoms with Crippen LogP contribution in [-0.4, -0.2) is 61.8 Å². The van der Waals surface area contributed by atoms with E-state index in [1.54, 1.807) is 18.2 Å². The molecule has 36 heavy (non-hydrogen) atoms. The van der Waals surface area contributed by atoms with Crippen LogP contribution >= 0.6 is 23.2 Å². The van der Waals surface area contributed by atoms with Gasteiger partial charge in [0.05, 0.1) is 17.1 Å². The van der Waals surface area contributed by atoms with Gasteiger partial charge >= 0.3 is 5.97 Å². The largest absolute Gasteiger partial charge is 0.462 e. The third-order valence-electron chi connectivity index (χ3n) is 5.24. The van der Waals surface area contributed by atoms with Crippen molar-refractivity contribution in [3.8, 4) is 0 Å². The lowest BCUT2D eigenvalue weighted by Gasteiger charge is -2.24. The summed E-state index contributed by atoms with van der Waals surface area (Å²) in [7, 11) is -4.02. The number of benzene rings is 2. The van der Waals surface area contributed by atoms with Crippen molar-refractivity contribution in [2.24, 2.45) is 0 Å². The fourth-order valence-corrected chi connectivity index (χ4v) is 4.23. The zero-order valence-electron chi connectivity index (χ0n) is 20.4. The van der Waals surface area contributed by atoms with E-state index in [1.165, 1.54) is 17.7 Å². The van der Waals surface area contributed by atoms with Crippen molar-refractivity contribution in [1.82, 2.24) is 4.90 Å². The molecule has 10 heteroatoms. The van der Waals surface area contributed by atoms with Gasteiger partial charge in [0.25, 0.3) is 10.1 Å². The smallest absolute Gasteiger partial charge is 0.337 e. The fraction of sp³-hybridized carbons (Fsp3) is 0.346. The van der Waals surface area contributed by atoms with Gasteiger partial charge in [-0.25, -0.2) is 4.79 Å². The van der Waals surface area contributed by atoms with Gasteiger partial charge in [-0.3, -0.25) is 4.55 Å². The van der Waals surface area contributed by atoms with Crippen LogP contribution in [0.5, 0.6) is 0 Å². The first-order chi connectivity index (χ1) is 17.2. The topological polar surface area (TPSA) is 87.2 Å². The lowest BCUT2D eigenvalue weighted by Crippen LogP contribution is -2.27. The van der Waals surface area contributed by atoms with Crippen molar-refractivity contribution in [2.75, 3.05) is 42.9 Å². The van der Waals surface area contributed by atoms with E-state index in [-0.39, 0.29) is 10.9 Å². The number of rotatable bonds is 10. The van der Waals surface area contributed by atoms with E-state index >= 15 is 0 Å². The van der Waals surface area contributed by atoms with Gasteiger partial charge in [0.1, 0.15) is 0 Å². The summed E-state index contributed by atoms with van der Waals surface area (Å²) < 4.78 is 34.6. The average molecular weight is 556 g/mol. The summed E-state index contributed by atoms with van der Waals surface area (Å²) in [5, 5.41) is 0. The maximum Gasteiger partial charge on any atom is 0.337 e. The van der Waals surface area contributed by atoms with Gasteiger partial charge < -0.3 is 14.5 Å². The molecule has 0 radical (unpaired) electrons. The maximum atomic E-state index is 11.7. The van der Waals surface area contributed by atoms with Crippen molar-refractivity contribution in [2.45, 2.75) is 25.3 Å². The Kier molecular flexibility index (Phi) is 12.3. The molecule has 0 fully saturated rings. The van der Waals surface area contributed by atoms with Crippen LogP contribution in [0.1, 0.15) is 18.1 Å². The fourth-order valence-electron chi connectivity index (χ4n) is 3.34. The summed E-state index contributed by atoms with van der Waals surface area (Å²) in [6.45, 7) is 7.08. The van der Waals surface area contributed by atoms with Gasteiger partial charge in [0, 0.05) is 49.8 Å². The molecular weight excluding hydrogens is 523 g/mol. The minimum atomic E-state index is -4.02. The molecule has 0 amide bonds. The molecule has 0 saturated carbocycles. The van der Waals surface area contributed by atoms with E-state index in [2.05, 4.69) is 34.1 Å². The highest BCUT2D eigenvalue weighted by molar-refractivity contribution is 7.85. The molecule has 0 atom stereocenters. The molecule has 1 aliphatic rings. The van der Waals surface area contributed by atoms with Crippen LogP contribution < -0.4 is 4.90 Å². The molecule has 0 spiro atoms. The van der Waals surface area contributed by atoms with Gasteiger partial charge in [-0.1, -0.05) is 35.9 Å². The van der Waals surface area contributed by atoms with E-state index in [0.29, 0.717) is 30.5 Å². The number of hydrogen-bond donors (Lipinski definition) is 1. The molecule has 0 unspecified atom stereocenters. The quantitative estimate of drug-likeness (QED) is 0.250. The number of nitrogens with zero attached hydrogens (tertiary/aromatic N) is 2. The van der Waals surface area contributed by atoms with E-state index in [9.17, 15) is 13.2 Å². The summed E-state index contributed by atoms with van der Waals surface area (Å²) in [5.41, 5.74) is 3.91. The van der Waals surface area contributed by atoms with Crippen LogP contribution in [-0.2, 0) is 26.2 Å². The van der Waals surface area contributed by atoms with Gasteiger partial charge in [-0.2, -0.15) is 8.42 Å². The molecule has 1 heterocycles. The Bertz CT molecular complexity index is 1130. The average Bonchev–Trinajstić information content (AvgIpc) is 2.85. The van der Waals surface area contributed by atoms with Gasteiger partial charge in [0.15, 0.2) is 0 Å². The predicted molar refractivity (Wildman–Crippen MR) is 145 cm³/mol. The molecule has 1 aliphatic heterocycles. The number of carbonyl (C=O) groups excluding carboxylic acids is 1. The standard InChI is InChI=1S/C19H24Cl2N2O2.C7H8O3S/c1-2-25-19(24)17-7-11-22(12-8-17)15-16-3-5-18(6-4-16)23(13-9-20)14-10-21;1-6-2-4-7(5-3-6)11(8,9)10/h3-8,11H,2,9-10,12-15H2,1H3;2-5H,1H3,(H,8,9,10). The zero-order chi connectivity index (χ0) is 26.6. The van der Waals surface area contributed by atoms with Crippen LogP contribution in [0.3, 0.4) is 0 Å². The van der Waals surface area contributed by atoms with Gasteiger partial charge in [0.2, 0.25) is 0 Å². The second kappa shape index (κ2) is 14.9. The van der Waals surface area contributed by atoms with Crippen molar-refractivity contribution < 1.29 is 22.5 Å². The Morgan fingerprint density at radius 1 is 1.06 bits per heavy atom. The van der Waals surface area contributed by atoms with Crippen molar-refractivity contribution >= 4 is 45.0 Å². The first-order valence-corrected chi connectivity index (χ1v) is 14.0. The molecule has 1 N–H and O–H groups in total. The number of anilines is 1. The lowest BCUT2D eigenvalue weighted by atomic mass is 10.1. The number of esters is 1. The minimum absolute atomic E-state index is 0.0666. The second-order valence-corrected chi connectivity index (χ2v) is 10.1. The Balaban J connectivity index is 0.000000346. The van der Waals surface area contributed by atoms with E-state index in [0.717, 1.165) is 30.9 Å². The van der Waals surface area contributed by atoms with E-state index < -0.39 is 10.1 Å². The SMILES string of the molecule is CCOC(=O)C1=CCN(Cc2ccc(N(CCCl)CCCl)cc2)C=C1.Cc1ccc(S(=O)(=O)O)cc1. The molecule has 2 aromatic rings. The Morgan fingerprint density at radius 2 is 1.67 bits per heavy atom. The maximum absolute atomic E-state index is 11.7. The monoisotopic (exact) mass is 554 g/mol. The lowest BCUT2D eigenvalue weighted by molar-refractivity contribution is -0.138. The number of halogens is 2. The molecule has 3 rings (SSSR count). The Labute approximate surface area is 223 Å². The zero-order valence-corrected chi connectivity index (χ0v) is 22.8. The number of hydrogen-bond acceptors (Lipinski definition) is 6. The molecule has 0 aromatic heterocycles. The van der Waals surface area contributed by atoms with E-state index in [1.807, 2.05) is 26.1 Å². The molecule has 0 aliphatic carbocycles. The summed E-state index contributed by atoms with van der Waals surface area (Å²) in [6, 6.07) is 14.4. The van der Waals surface area contributed by atoms with Crippen LogP contribution in [0.2, 0.25) is 0 Å². The number of carbonyl (C=O) groups is 1. The molecule has 7 nitrogen and oxygen atoms in total. The molecule has 0 saturated heterocycles. The first-order valence-electron chi connectivity index (χ1n) is 11.5. The molecule has 196 valence electrons. The number of alkyl halides is 2. The highest BCUT2D eigenvalue weighted by atomic mass is 35.5. The van der Waals surface area contributed by atoms with Gasteiger partial charge in [-0.05, 0) is 49.8 Å². The molecular formula is C26H32Cl2N2O5S. The molecule has 0 bridgehead atoms. The highest BCUT2D eigenvalue weighted by Crippen LogP contribution is 2.18. The summed E-state index contributed by atoms with van der Waals surface area (Å²) in [6.07, 6.45) is 5.64. The normalized spacial score (nSPS) is 12.9. The van der Waals surface area contributed by atoms with Crippen molar-refractivity contribution in [3.63, 3.8) is 0 Å². The third-order valence-corrected chi connectivity index (χ3v) is 6.44. The van der Waals surface area contributed by atoms with Crippen molar-refractivity contribution in [3.05, 3.63) is 83.6 Å². The minimum Gasteiger partial charge on any atom is -0.462 e. The number of aryl methyl sites for hydroxylation is 1. The van der Waals surface area contributed by atoms with Crippen LogP contribution in [0.15, 0.2) is 77.4 Å². The van der Waals surface area contributed by atoms with Crippen LogP contribution in [0.25, 0.3) is 0 Å². The Hall–Kier alpha value is -2.52. The van der Waals surface area contributed by atoms with Gasteiger partial charge in [-0.15, -0.1) is 23.2 Å². The summed E-state index contributed by atoms with van der Waals surface area (Å²) >= 11 is 11.7. The summed E-state index contributed by atoms with van der Waals surface area (Å²) in [4.78, 5) is 15.9. The summed E-state index contributed by atoms with van der Waals surface area (Å²) in [5.74, 6) is 0.889. The third kappa shape index (κ3) is 9.85. The molecule has 2 aromatic carbocycles.